The van der Waals surface area contributed by atoms with Crippen molar-refractivity contribution in [2.75, 3.05) is 59.6 Å². The van der Waals surface area contributed by atoms with Crippen LogP contribution in [0.2, 0.25) is 5.02 Å². The molecule has 2 heterocycles. The average molecular weight is 746 g/mol. The summed E-state index contributed by atoms with van der Waals surface area (Å²) < 4.78 is 12.1. The maximum Gasteiger partial charge on any atom is 0.310 e. The van der Waals surface area contributed by atoms with Gasteiger partial charge in [0.1, 0.15) is 12.4 Å². The molecule has 4 aliphatic rings. The average Bonchev–Trinajstić information content (AvgIpc) is 3.78. The van der Waals surface area contributed by atoms with Crippen LogP contribution in [0.25, 0.3) is 0 Å². The highest BCUT2D eigenvalue weighted by Gasteiger charge is 2.54. The van der Waals surface area contributed by atoms with E-state index in [1.165, 1.54) is 11.9 Å². The first kappa shape index (κ1) is 39.1. The first-order valence-corrected chi connectivity index (χ1v) is 18.3. The lowest BCUT2D eigenvalue weighted by Crippen LogP contribution is -2.52. The lowest BCUT2D eigenvalue weighted by Gasteiger charge is -2.45. The minimum absolute atomic E-state index is 0.00654. The van der Waals surface area contributed by atoms with Crippen molar-refractivity contribution >= 4 is 41.2 Å². The highest BCUT2D eigenvalue weighted by molar-refractivity contribution is 6.31. The van der Waals surface area contributed by atoms with Gasteiger partial charge in [0.2, 0.25) is 23.6 Å². The molecule has 15 nitrogen and oxygen atoms in total. The van der Waals surface area contributed by atoms with E-state index in [0.29, 0.717) is 60.8 Å². The van der Waals surface area contributed by atoms with E-state index < -0.39 is 23.3 Å². The third kappa shape index (κ3) is 8.75. The van der Waals surface area contributed by atoms with E-state index in [-0.39, 0.29) is 74.2 Å². The standard InChI is InChI=1S/C36H52ClN7O8/c1-22(45)41-17-30(46)40-13-15-51-20-28(42(3)39)26(38)19-52-29-8-7-25(37)23-9-14-44(33(48)24-6-4-5-10-35(24,2)34(49)50)27(32(23)29)18-43-21-36(11-12-36)16-31(43)47/h7-8,24,27H,4-6,9-21,38-39H2,1-3H3,(H,40,46)(H,41,45)(H,49,50)/b28-26-/t24?,27?,35-/m0/s1. The first-order valence-electron chi connectivity index (χ1n) is 18.0. The number of ether oxygens (including phenoxy) is 2. The van der Waals surface area contributed by atoms with Crippen LogP contribution in [0.4, 0.5) is 0 Å². The number of likely N-dealkylation sites (tertiary alicyclic amines) is 1. The molecule has 1 aromatic rings. The van der Waals surface area contributed by atoms with E-state index in [1.54, 1.807) is 31.0 Å². The minimum atomic E-state index is -1.19. The van der Waals surface area contributed by atoms with Gasteiger partial charge in [-0.15, -0.1) is 0 Å². The molecule has 1 saturated heterocycles. The number of halogens is 1. The van der Waals surface area contributed by atoms with E-state index in [1.807, 2.05) is 4.90 Å². The van der Waals surface area contributed by atoms with Crippen molar-refractivity contribution in [3.63, 3.8) is 0 Å². The number of fused-ring (bicyclic) bond motifs is 1. The molecule has 16 heteroatoms. The van der Waals surface area contributed by atoms with Crippen molar-refractivity contribution in [2.24, 2.45) is 28.3 Å². The molecular formula is C36H52ClN7O8. The number of nitrogens with zero attached hydrogens (tertiary/aromatic N) is 3. The summed E-state index contributed by atoms with van der Waals surface area (Å²) in [5.41, 5.74) is 7.54. The second-order valence-electron chi connectivity index (χ2n) is 14.9. The number of likely N-dealkylation sites (N-methyl/N-ethyl adjacent to an activating group) is 1. The first-order chi connectivity index (χ1) is 24.7. The van der Waals surface area contributed by atoms with E-state index in [2.05, 4.69) is 10.6 Å². The lowest BCUT2D eigenvalue weighted by atomic mass is 9.66. The van der Waals surface area contributed by atoms with Crippen LogP contribution in [-0.2, 0) is 35.1 Å². The van der Waals surface area contributed by atoms with Crippen LogP contribution in [-0.4, -0.2) is 109 Å². The number of hydrogen-bond donors (Lipinski definition) is 5. The maximum absolute atomic E-state index is 14.5. The number of nitrogens with two attached hydrogens (primary N) is 2. The second kappa shape index (κ2) is 16.3. The molecule has 2 aliphatic carbocycles. The number of carboxylic acid groups (broad SMARTS) is 1. The third-order valence-corrected chi connectivity index (χ3v) is 11.4. The molecule has 2 unspecified atom stereocenters. The predicted octanol–water partition coefficient (Wildman–Crippen LogP) is 1.68. The minimum Gasteiger partial charge on any atom is -0.487 e. The Labute approximate surface area is 309 Å². The van der Waals surface area contributed by atoms with E-state index >= 15 is 0 Å². The molecule has 7 N–H and O–H groups in total. The topological polar surface area (TPSA) is 210 Å². The van der Waals surface area contributed by atoms with Crippen molar-refractivity contribution < 1.29 is 38.6 Å². The number of benzene rings is 1. The van der Waals surface area contributed by atoms with Gasteiger partial charge in [-0.05, 0) is 62.1 Å². The van der Waals surface area contributed by atoms with Crippen molar-refractivity contribution in [3.8, 4) is 5.75 Å². The molecule has 2 saturated carbocycles. The molecule has 2 aliphatic heterocycles. The van der Waals surface area contributed by atoms with Crippen molar-refractivity contribution in [1.29, 1.82) is 0 Å². The fraction of sp³-hybridized carbons (Fsp3) is 0.639. The molecular weight excluding hydrogens is 694 g/mol. The van der Waals surface area contributed by atoms with Gasteiger partial charge in [-0.3, -0.25) is 24.0 Å². The number of carbonyl (C=O) groups is 5. The van der Waals surface area contributed by atoms with E-state index in [0.717, 1.165) is 31.2 Å². The van der Waals surface area contributed by atoms with Gasteiger partial charge in [0.05, 0.1) is 48.5 Å². The summed E-state index contributed by atoms with van der Waals surface area (Å²) in [6.07, 6.45) is 5.32. The normalized spacial score (nSPS) is 23.8. The van der Waals surface area contributed by atoms with Gasteiger partial charge >= 0.3 is 5.97 Å². The maximum atomic E-state index is 14.5. The Morgan fingerprint density at radius 1 is 1.13 bits per heavy atom. The third-order valence-electron chi connectivity index (χ3n) is 11.1. The smallest absolute Gasteiger partial charge is 0.310 e. The number of amides is 4. The van der Waals surface area contributed by atoms with Gasteiger partial charge in [-0.25, -0.2) is 5.84 Å². The number of carbonyl (C=O) groups excluding carboxylic acids is 4. The SMILES string of the molecule is CC(=O)NCC(=O)NCCOC/C(=C(/N)COc1ccc(Cl)c2c1C(CN1CC3(CC3)CC1=O)N(C(=O)C1CCCC[C@]1(C)C(=O)O)CC2)N(C)N. The summed E-state index contributed by atoms with van der Waals surface area (Å²) in [4.78, 5) is 66.8. The predicted molar refractivity (Wildman–Crippen MR) is 191 cm³/mol. The Balaban J connectivity index is 1.37. The van der Waals surface area contributed by atoms with Crippen LogP contribution in [0, 0.1) is 16.7 Å². The number of nitrogens with one attached hydrogen (secondary N) is 2. The van der Waals surface area contributed by atoms with E-state index in [9.17, 15) is 29.1 Å². The molecule has 0 aromatic heterocycles. The number of hydrazine groups is 1. The quantitative estimate of drug-likeness (QED) is 0.0991. The molecule has 0 bridgehead atoms. The molecule has 3 atom stereocenters. The van der Waals surface area contributed by atoms with Crippen molar-refractivity contribution in [2.45, 2.75) is 71.3 Å². The lowest BCUT2D eigenvalue weighted by molar-refractivity contribution is -0.162. The van der Waals surface area contributed by atoms with Crippen LogP contribution in [0.1, 0.15) is 76.0 Å². The summed E-state index contributed by atoms with van der Waals surface area (Å²) in [6.45, 7) is 4.35. The van der Waals surface area contributed by atoms with Gasteiger partial charge < -0.3 is 45.8 Å². The van der Waals surface area contributed by atoms with Crippen LogP contribution < -0.4 is 26.9 Å². The monoisotopic (exact) mass is 745 g/mol. The highest BCUT2D eigenvalue weighted by atomic mass is 35.5. The second-order valence-corrected chi connectivity index (χ2v) is 15.3. The summed E-state index contributed by atoms with van der Waals surface area (Å²) in [7, 11) is 1.61. The van der Waals surface area contributed by atoms with Crippen LogP contribution in [0.3, 0.4) is 0 Å². The number of aliphatic carboxylic acids is 1. The van der Waals surface area contributed by atoms with Crippen LogP contribution in [0.5, 0.6) is 5.75 Å². The summed E-state index contributed by atoms with van der Waals surface area (Å²) in [5, 5.41) is 17.2. The largest absolute Gasteiger partial charge is 0.487 e. The molecule has 0 radical (unpaired) electrons. The van der Waals surface area contributed by atoms with Gasteiger partial charge in [-0.1, -0.05) is 24.4 Å². The zero-order valence-electron chi connectivity index (χ0n) is 30.3. The number of carboxylic acids is 1. The van der Waals surface area contributed by atoms with Crippen LogP contribution in [0.15, 0.2) is 23.5 Å². The molecule has 4 amide bonds. The summed E-state index contributed by atoms with van der Waals surface area (Å²) in [5.74, 6) is 4.03. The Morgan fingerprint density at radius 3 is 2.54 bits per heavy atom. The van der Waals surface area contributed by atoms with E-state index in [4.69, 9.17) is 32.7 Å². The molecule has 3 fully saturated rings. The zero-order valence-corrected chi connectivity index (χ0v) is 31.1. The van der Waals surface area contributed by atoms with Gasteiger partial charge in [0, 0.05) is 57.2 Å². The Hall–Kier alpha value is -4.08. The fourth-order valence-electron chi connectivity index (χ4n) is 7.77. The number of hydrogen-bond acceptors (Lipinski definition) is 10. The van der Waals surface area contributed by atoms with Gasteiger partial charge in [0.25, 0.3) is 0 Å². The Kier molecular flexibility index (Phi) is 12.3. The fourth-order valence-corrected chi connectivity index (χ4v) is 8.03. The van der Waals surface area contributed by atoms with Gasteiger partial charge in [0.15, 0.2) is 0 Å². The molecule has 52 heavy (non-hydrogen) atoms. The Morgan fingerprint density at radius 2 is 1.88 bits per heavy atom. The molecule has 1 spiro atoms. The summed E-state index contributed by atoms with van der Waals surface area (Å²) in [6, 6.07) is 2.86. The molecule has 5 rings (SSSR count). The summed E-state index contributed by atoms with van der Waals surface area (Å²) >= 11 is 6.80. The molecule has 286 valence electrons. The van der Waals surface area contributed by atoms with Crippen LogP contribution >= 0.6 is 11.6 Å². The van der Waals surface area contributed by atoms with Crippen molar-refractivity contribution in [3.05, 3.63) is 39.7 Å². The van der Waals surface area contributed by atoms with Gasteiger partial charge in [-0.2, -0.15) is 0 Å². The highest BCUT2D eigenvalue weighted by Crippen LogP contribution is 2.54. The van der Waals surface area contributed by atoms with Crippen molar-refractivity contribution in [1.82, 2.24) is 25.4 Å². The molecule has 1 aromatic carbocycles. The zero-order chi connectivity index (χ0) is 37.8. The Bertz CT molecular complexity index is 1600. The number of rotatable bonds is 15.